The minimum Gasteiger partial charge on any atom is -0.205 e. The van der Waals surface area contributed by atoms with Gasteiger partial charge in [-0.05, 0) is 12.1 Å². The summed E-state index contributed by atoms with van der Waals surface area (Å²) in [5.41, 5.74) is -1.63. The van der Waals surface area contributed by atoms with Crippen LogP contribution in [0.4, 0.5) is 22.0 Å². The van der Waals surface area contributed by atoms with Crippen LogP contribution in [-0.2, 0) is 6.18 Å². The quantitative estimate of drug-likeness (QED) is 0.631. The number of alkyl halides is 5. The summed E-state index contributed by atoms with van der Waals surface area (Å²) in [5, 5.41) is -0.574. The van der Waals surface area contributed by atoms with Gasteiger partial charge in [0.05, 0.1) is 10.6 Å². The Hall–Kier alpha value is -0.840. The third-order valence-corrected chi connectivity index (χ3v) is 1.89. The van der Waals surface area contributed by atoms with Crippen molar-refractivity contribution in [3.05, 3.63) is 34.3 Å². The van der Waals surface area contributed by atoms with Crippen molar-refractivity contribution in [1.82, 2.24) is 0 Å². The molecule has 0 saturated heterocycles. The second kappa shape index (κ2) is 3.73. The maximum atomic E-state index is 12.1. The summed E-state index contributed by atoms with van der Waals surface area (Å²) in [5.74, 6) is 0. The highest BCUT2D eigenvalue weighted by atomic mass is 35.5. The molecule has 0 amide bonds. The molecule has 0 aliphatic carbocycles. The third kappa shape index (κ3) is 2.35. The number of hydrogen-bond acceptors (Lipinski definition) is 0. The van der Waals surface area contributed by atoms with Crippen LogP contribution in [0.3, 0.4) is 0 Å². The molecule has 1 rings (SSSR count). The highest BCUT2D eigenvalue weighted by Crippen LogP contribution is 2.34. The summed E-state index contributed by atoms with van der Waals surface area (Å²) in [4.78, 5) is 0. The number of benzene rings is 1. The monoisotopic (exact) mass is 230 g/mol. The predicted octanol–water partition coefficient (Wildman–Crippen LogP) is 4.30. The van der Waals surface area contributed by atoms with Crippen molar-refractivity contribution in [2.75, 3.05) is 0 Å². The molecule has 0 atom stereocenters. The lowest BCUT2D eigenvalue weighted by Crippen LogP contribution is -2.05. The SMILES string of the molecule is FC(F)c1ccc(C(F)(F)F)cc1Cl. The van der Waals surface area contributed by atoms with Gasteiger partial charge in [0.1, 0.15) is 0 Å². The zero-order chi connectivity index (χ0) is 10.9. The maximum absolute atomic E-state index is 12.1. The van der Waals surface area contributed by atoms with Crippen molar-refractivity contribution in [1.29, 1.82) is 0 Å². The summed E-state index contributed by atoms with van der Waals surface area (Å²) in [6.45, 7) is 0. The molecule has 6 heteroatoms. The molecule has 14 heavy (non-hydrogen) atoms. The predicted molar refractivity (Wildman–Crippen MR) is 41.4 cm³/mol. The van der Waals surface area contributed by atoms with Gasteiger partial charge in [-0.3, -0.25) is 0 Å². The normalized spacial score (nSPS) is 12.2. The van der Waals surface area contributed by atoms with Crippen molar-refractivity contribution >= 4 is 11.6 Å². The lowest BCUT2D eigenvalue weighted by atomic mass is 10.1. The Balaban J connectivity index is 3.13. The molecule has 0 heterocycles. The van der Waals surface area contributed by atoms with Crippen molar-refractivity contribution in [3.8, 4) is 0 Å². The third-order valence-electron chi connectivity index (χ3n) is 1.56. The van der Waals surface area contributed by atoms with E-state index < -0.39 is 28.8 Å². The number of halogens is 6. The molecule has 0 saturated carbocycles. The van der Waals surface area contributed by atoms with Crippen LogP contribution in [0.1, 0.15) is 17.6 Å². The van der Waals surface area contributed by atoms with Crippen LogP contribution in [-0.4, -0.2) is 0 Å². The van der Waals surface area contributed by atoms with Gasteiger partial charge in [-0.15, -0.1) is 0 Å². The standard InChI is InChI=1S/C8H4ClF5/c9-6-3-4(8(12,13)14)1-2-5(6)7(10)11/h1-3,7H. The van der Waals surface area contributed by atoms with Crippen LogP contribution in [0.5, 0.6) is 0 Å². The summed E-state index contributed by atoms with van der Waals surface area (Å²) < 4.78 is 60.3. The van der Waals surface area contributed by atoms with E-state index in [-0.39, 0.29) is 0 Å². The minimum absolute atomic E-state index is 0.489. The van der Waals surface area contributed by atoms with Crippen molar-refractivity contribution < 1.29 is 22.0 Å². The average molecular weight is 231 g/mol. The molecule has 0 aliphatic heterocycles. The van der Waals surface area contributed by atoms with Gasteiger partial charge in [0.15, 0.2) is 0 Å². The maximum Gasteiger partial charge on any atom is 0.416 e. The van der Waals surface area contributed by atoms with Crippen LogP contribution < -0.4 is 0 Å². The first kappa shape index (κ1) is 11.2. The average Bonchev–Trinajstić information content (AvgIpc) is 2.01. The number of rotatable bonds is 1. The molecule has 0 radical (unpaired) electrons. The summed E-state index contributed by atoms with van der Waals surface area (Å²) >= 11 is 5.25. The molecular weight excluding hydrogens is 227 g/mol. The van der Waals surface area contributed by atoms with E-state index in [1.165, 1.54) is 0 Å². The van der Waals surface area contributed by atoms with E-state index >= 15 is 0 Å². The molecule has 0 bridgehead atoms. The Morgan fingerprint density at radius 3 is 2.07 bits per heavy atom. The Labute approximate surface area is 81.3 Å². The topological polar surface area (TPSA) is 0 Å². The first-order valence-corrected chi connectivity index (χ1v) is 3.85. The lowest BCUT2D eigenvalue weighted by Gasteiger charge is -2.09. The Morgan fingerprint density at radius 1 is 1.14 bits per heavy atom. The van der Waals surface area contributed by atoms with Gasteiger partial charge in [0, 0.05) is 5.56 Å². The van der Waals surface area contributed by atoms with Crippen molar-refractivity contribution in [2.24, 2.45) is 0 Å². The van der Waals surface area contributed by atoms with Gasteiger partial charge >= 0.3 is 6.18 Å². The fourth-order valence-electron chi connectivity index (χ4n) is 0.880. The van der Waals surface area contributed by atoms with E-state index in [0.29, 0.717) is 18.2 Å². The van der Waals surface area contributed by atoms with Crippen molar-refractivity contribution in [2.45, 2.75) is 12.6 Å². The number of hydrogen-bond donors (Lipinski definition) is 0. The first-order chi connectivity index (χ1) is 6.32. The second-order valence-electron chi connectivity index (χ2n) is 2.53. The molecule has 0 spiro atoms. The van der Waals surface area contributed by atoms with Crippen molar-refractivity contribution in [3.63, 3.8) is 0 Å². The van der Waals surface area contributed by atoms with E-state index in [1.54, 1.807) is 0 Å². The van der Waals surface area contributed by atoms with Crippen LogP contribution in [0.25, 0.3) is 0 Å². The van der Waals surface area contributed by atoms with Gasteiger partial charge in [0.2, 0.25) is 0 Å². The summed E-state index contributed by atoms with van der Waals surface area (Å²) in [7, 11) is 0. The second-order valence-corrected chi connectivity index (χ2v) is 2.94. The molecular formula is C8H4ClF5. The van der Waals surface area contributed by atoms with Gasteiger partial charge in [0.25, 0.3) is 6.43 Å². The fourth-order valence-corrected chi connectivity index (χ4v) is 1.14. The summed E-state index contributed by atoms with van der Waals surface area (Å²) in [6.07, 6.45) is -7.44. The Bertz CT molecular complexity index is 331. The lowest BCUT2D eigenvalue weighted by molar-refractivity contribution is -0.137. The highest BCUT2D eigenvalue weighted by molar-refractivity contribution is 6.31. The highest BCUT2D eigenvalue weighted by Gasteiger charge is 2.31. The molecule has 0 fully saturated rings. The van der Waals surface area contributed by atoms with Gasteiger partial charge in [-0.2, -0.15) is 13.2 Å². The van der Waals surface area contributed by atoms with E-state index in [0.717, 1.165) is 0 Å². The molecule has 0 unspecified atom stereocenters. The molecule has 0 nitrogen and oxygen atoms in total. The van der Waals surface area contributed by atoms with E-state index in [2.05, 4.69) is 0 Å². The van der Waals surface area contributed by atoms with Gasteiger partial charge in [-0.1, -0.05) is 17.7 Å². The van der Waals surface area contributed by atoms with Crippen LogP contribution in [0.15, 0.2) is 18.2 Å². The molecule has 1 aromatic rings. The van der Waals surface area contributed by atoms with E-state index in [4.69, 9.17) is 11.6 Å². The van der Waals surface area contributed by atoms with E-state index in [1.807, 2.05) is 0 Å². The molecule has 78 valence electrons. The Kier molecular flexibility index (Phi) is 2.99. The zero-order valence-corrected chi connectivity index (χ0v) is 7.33. The van der Waals surface area contributed by atoms with Crippen LogP contribution in [0.2, 0.25) is 5.02 Å². The smallest absolute Gasteiger partial charge is 0.205 e. The fraction of sp³-hybridized carbons (Fsp3) is 0.250. The first-order valence-electron chi connectivity index (χ1n) is 3.47. The zero-order valence-electron chi connectivity index (χ0n) is 6.58. The van der Waals surface area contributed by atoms with Crippen LogP contribution in [0, 0.1) is 0 Å². The van der Waals surface area contributed by atoms with Gasteiger partial charge < -0.3 is 0 Å². The minimum atomic E-state index is -4.57. The van der Waals surface area contributed by atoms with Crippen LogP contribution >= 0.6 is 11.6 Å². The molecule has 0 aromatic heterocycles. The Morgan fingerprint density at radius 2 is 1.71 bits per heavy atom. The molecule has 0 N–H and O–H groups in total. The van der Waals surface area contributed by atoms with Gasteiger partial charge in [-0.25, -0.2) is 8.78 Å². The molecule has 0 aliphatic rings. The van der Waals surface area contributed by atoms with E-state index in [9.17, 15) is 22.0 Å². The molecule has 1 aromatic carbocycles. The largest absolute Gasteiger partial charge is 0.416 e. The summed E-state index contributed by atoms with van der Waals surface area (Å²) in [6, 6.07) is 1.74.